The van der Waals surface area contributed by atoms with Gasteiger partial charge >= 0.3 is 26.2 Å². The molecule has 0 heterocycles. The summed E-state index contributed by atoms with van der Waals surface area (Å²) < 4.78 is 0. The summed E-state index contributed by atoms with van der Waals surface area (Å²) in [4.78, 5) is 0. The summed E-state index contributed by atoms with van der Waals surface area (Å²) in [5.74, 6) is 0. The molecule has 0 atom stereocenters. The molecule has 0 saturated carbocycles. The molecule has 0 radical (unpaired) electrons. The van der Waals surface area contributed by atoms with Crippen LogP contribution < -0.4 is 0 Å². The second-order valence-electron chi connectivity index (χ2n) is 10.4. The van der Waals surface area contributed by atoms with Gasteiger partial charge in [-0.3, -0.25) is 0 Å². The molecule has 0 saturated heterocycles. The number of benzene rings is 6. The van der Waals surface area contributed by atoms with Crippen molar-refractivity contribution in [3.05, 3.63) is 204 Å². The van der Waals surface area contributed by atoms with Crippen molar-refractivity contribution in [2.45, 2.75) is 6.92 Å². The third-order valence-electron chi connectivity index (χ3n) is 7.33. The molecule has 1 heteroatoms. The first kappa shape index (κ1) is 30.0. The largest absolute Gasteiger partial charge is 2.00 e. The Hall–Kier alpha value is -4.45. The summed E-state index contributed by atoms with van der Waals surface area (Å²) >= 11 is 0. The van der Waals surface area contributed by atoms with Crippen LogP contribution in [0.2, 0.25) is 0 Å². The van der Waals surface area contributed by atoms with Crippen molar-refractivity contribution in [1.29, 1.82) is 0 Å². The second kappa shape index (κ2) is 14.6. The molecule has 0 unspecified atom stereocenters. The Balaban J connectivity index is 0.000000205. The van der Waals surface area contributed by atoms with Gasteiger partial charge in [-0.05, 0) is 5.56 Å². The molecule has 0 amide bonds. The maximum Gasteiger partial charge on any atom is 2.00 e. The van der Waals surface area contributed by atoms with Gasteiger partial charge in [0.05, 0.1) is 0 Å². The summed E-state index contributed by atoms with van der Waals surface area (Å²) in [7, 11) is 0. The molecule has 0 nitrogen and oxygen atoms in total. The fourth-order valence-electron chi connectivity index (χ4n) is 5.31. The Kier molecular flexibility index (Phi) is 10.2. The first-order valence-corrected chi connectivity index (χ1v) is 14.4. The van der Waals surface area contributed by atoms with Crippen LogP contribution in [0.4, 0.5) is 0 Å². The number of rotatable bonds is 5. The van der Waals surface area contributed by atoms with Crippen molar-refractivity contribution in [2.75, 3.05) is 0 Å². The zero-order valence-corrected chi connectivity index (χ0v) is 26.7. The van der Waals surface area contributed by atoms with E-state index < -0.39 is 0 Å². The average Bonchev–Trinajstić information content (AvgIpc) is 3.46. The van der Waals surface area contributed by atoms with E-state index in [2.05, 4.69) is 159 Å². The molecule has 0 aliphatic carbocycles. The van der Waals surface area contributed by atoms with Crippen LogP contribution in [0.15, 0.2) is 170 Å². The van der Waals surface area contributed by atoms with E-state index in [4.69, 9.17) is 0 Å². The fraction of sp³-hybridized carbons (Fsp3) is 0.0238. The molecule has 7 aromatic rings. The minimum absolute atomic E-state index is 0. The Morgan fingerprint density at radius 3 is 1.77 bits per heavy atom. The molecule has 0 bridgehead atoms. The summed E-state index contributed by atoms with van der Waals surface area (Å²) in [6.07, 6.45) is 5.91. The normalized spacial score (nSPS) is 11.5. The smallest absolute Gasteiger partial charge is 0.165 e. The van der Waals surface area contributed by atoms with Gasteiger partial charge in [-0.1, -0.05) is 180 Å². The van der Waals surface area contributed by atoms with Gasteiger partial charge < -0.3 is 0 Å². The maximum absolute atomic E-state index is 3.66. The number of aryl methyl sites for hydroxylation is 1. The van der Waals surface area contributed by atoms with Gasteiger partial charge in [0.1, 0.15) is 0 Å². The fourth-order valence-corrected chi connectivity index (χ4v) is 5.31. The van der Waals surface area contributed by atoms with Gasteiger partial charge in [-0.25, -0.2) is 0 Å². The maximum atomic E-state index is 3.66. The van der Waals surface area contributed by atoms with Crippen molar-refractivity contribution >= 4 is 38.8 Å². The molecule has 0 fully saturated rings. The minimum atomic E-state index is 0. The Labute approximate surface area is 274 Å². The molecule has 43 heavy (non-hydrogen) atoms. The van der Waals surface area contributed by atoms with Crippen molar-refractivity contribution in [3.63, 3.8) is 0 Å². The molecular formula is C42H32Zr. The van der Waals surface area contributed by atoms with E-state index >= 15 is 0 Å². The van der Waals surface area contributed by atoms with Crippen molar-refractivity contribution in [3.8, 4) is 0 Å². The van der Waals surface area contributed by atoms with Crippen molar-refractivity contribution < 1.29 is 26.2 Å². The van der Waals surface area contributed by atoms with E-state index in [0.29, 0.717) is 0 Å². The van der Waals surface area contributed by atoms with Crippen LogP contribution in [0.5, 0.6) is 0 Å². The van der Waals surface area contributed by atoms with E-state index in [1.165, 1.54) is 38.2 Å². The van der Waals surface area contributed by atoms with Gasteiger partial charge in [0, 0.05) is 0 Å². The Bertz CT molecular complexity index is 1850. The van der Waals surface area contributed by atoms with Gasteiger partial charge in [0.25, 0.3) is 0 Å². The quantitative estimate of drug-likeness (QED) is 0.101. The Morgan fingerprint density at radius 2 is 1.09 bits per heavy atom. The van der Waals surface area contributed by atoms with Crippen LogP contribution in [0.3, 0.4) is 0 Å². The van der Waals surface area contributed by atoms with Gasteiger partial charge in [0.15, 0.2) is 0 Å². The molecular weight excluding hydrogens is 596 g/mol. The van der Waals surface area contributed by atoms with E-state index in [1.54, 1.807) is 0 Å². The predicted molar refractivity (Wildman–Crippen MR) is 181 cm³/mol. The molecule has 0 aliphatic rings. The number of allylic oxidation sites excluding steroid dienone is 2. The summed E-state index contributed by atoms with van der Waals surface area (Å²) in [6.45, 7) is 2.15. The molecule has 7 rings (SSSR count). The molecule has 0 aromatic heterocycles. The molecule has 204 valence electrons. The topological polar surface area (TPSA) is 0 Å². The average molecular weight is 628 g/mol. The van der Waals surface area contributed by atoms with Crippen LogP contribution in [-0.2, 0) is 26.2 Å². The van der Waals surface area contributed by atoms with Crippen LogP contribution in [-0.4, -0.2) is 0 Å². The van der Waals surface area contributed by atoms with Crippen LogP contribution in [0.1, 0.15) is 27.8 Å². The standard InChI is InChI=1S/C28H21.C14H11.Zr/c1-5-13-23(14-6-1)21-27(25-17-9-3-10-18-25)28(26-19-11-4-12-20-26)22-24-15-7-2-8-16-24;1-10-8-12-7-6-11-4-2-3-5-13(11)14(12)9-10;/h1-21H;2-9H,1H3;/q2*-1;+2. The first-order valence-electron chi connectivity index (χ1n) is 14.4. The van der Waals surface area contributed by atoms with E-state index in [0.717, 1.165) is 22.3 Å². The van der Waals surface area contributed by atoms with Crippen molar-refractivity contribution in [2.24, 2.45) is 0 Å². The minimum Gasteiger partial charge on any atom is -0.165 e. The van der Waals surface area contributed by atoms with E-state index in [-0.39, 0.29) is 26.2 Å². The van der Waals surface area contributed by atoms with Crippen LogP contribution >= 0.6 is 0 Å². The SMILES string of the molecule is Cc1cc2ccc3ccccc3c2[cH-]1.[C-](=C(C(=Cc1ccccc1)c1ccccc1)c1ccccc1)c1ccccc1.[Zr+2]. The summed E-state index contributed by atoms with van der Waals surface area (Å²) in [5, 5.41) is 5.41. The van der Waals surface area contributed by atoms with Gasteiger partial charge in [-0.2, -0.15) is 6.07 Å². The molecule has 7 aromatic carbocycles. The van der Waals surface area contributed by atoms with Crippen LogP contribution in [0.25, 0.3) is 38.8 Å². The third kappa shape index (κ3) is 7.50. The van der Waals surface area contributed by atoms with Crippen molar-refractivity contribution in [1.82, 2.24) is 0 Å². The molecule has 0 N–H and O–H groups in total. The zero-order chi connectivity index (χ0) is 28.6. The van der Waals surface area contributed by atoms with E-state index in [9.17, 15) is 0 Å². The second-order valence-corrected chi connectivity index (χ2v) is 10.4. The third-order valence-corrected chi connectivity index (χ3v) is 7.33. The van der Waals surface area contributed by atoms with E-state index in [1.807, 2.05) is 30.3 Å². The number of fused-ring (bicyclic) bond motifs is 3. The molecule has 0 aliphatic heterocycles. The summed E-state index contributed by atoms with van der Waals surface area (Å²) in [5.41, 5.74) is 8.15. The number of hydrogen-bond donors (Lipinski definition) is 0. The Morgan fingerprint density at radius 1 is 0.558 bits per heavy atom. The number of hydrogen-bond acceptors (Lipinski definition) is 0. The zero-order valence-electron chi connectivity index (χ0n) is 24.2. The first-order chi connectivity index (χ1) is 20.7. The monoisotopic (exact) mass is 626 g/mol. The molecule has 0 spiro atoms. The van der Waals surface area contributed by atoms with Gasteiger partial charge in [-0.15, -0.1) is 57.8 Å². The van der Waals surface area contributed by atoms with Crippen LogP contribution in [0, 0.1) is 13.0 Å². The summed E-state index contributed by atoms with van der Waals surface area (Å²) in [6, 6.07) is 59.2. The van der Waals surface area contributed by atoms with Gasteiger partial charge in [0.2, 0.25) is 0 Å². The predicted octanol–water partition coefficient (Wildman–Crippen LogP) is 11.2.